The van der Waals surface area contributed by atoms with Crippen molar-refractivity contribution in [3.63, 3.8) is 0 Å². The Bertz CT molecular complexity index is 347. The predicted molar refractivity (Wildman–Crippen MR) is 76.2 cm³/mol. The lowest BCUT2D eigenvalue weighted by Gasteiger charge is -2.14. The first kappa shape index (κ1) is 16.4. The van der Waals surface area contributed by atoms with Gasteiger partial charge in [0.1, 0.15) is 5.82 Å². The lowest BCUT2D eigenvalue weighted by atomic mass is 9.98. The summed E-state index contributed by atoms with van der Waals surface area (Å²) in [7, 11) is 1.68. The van der Waals surface area contributed by atoms with Gasteiger partial charge in [0.15, 0.2) is 0 Å². The molecule has 1 atom stereocenters. The molecule has 0 fully saturated rings. The van der Waals surface area contributed by atoms with Crippen molar-refractivity contribution >= 4 is 11.6 Å². The van der Waals surface area contributed by atoms with Crippen LogP contribution < -0.4 is 0 Å². The molecule has 2 nitrogen and oxygen atoms in total. The summed E-state index contributed by atoms with van der Waals surface area (Å²) in [6.07, 6.45) is 2.60. The monoisotopic (exact) mass is 288 g/mol. The molecular formula is C15H22ClFO2. The standard InChI is InChI=1S/C15H22ClFO2/c1-18-7-3-8-19-9-6-14(12-16)10-13-4-2-5-15(17)11-13/h2,4-5,11,14H,3,6-10,12H2,1H3. The van der Waals surface area contributed by atoms with Crippen molar-refractivity contribution in [1.29, 1.82) is 0 Å². The highest BCUT2D eigenvalue weighted by atomic mass is 35.5. The van der Waals surface area contributed by atoms with Gasteiger partial charge in [-0.25, -0.2) is 4.39 Å². The third-order valence-corrected chi connectivity index (χ3v) is 3.38. The highest BCUT2D eigenvalue weighted by Gasteiger charge is 2.09. The van der Waals surface area contributed by atoms with Crippen molar-refractivity contribution in [2.24, 2.45) is 5.92 Å². The van der Waals surface area contributed by atoms with Crippen molar-refractivity contribution in [3.8, 4) is 0 Å². The van der Waals surface area contributed by atoms with Gasteiger partial charge in [-0.2, -0.15) is 0 Å². The Kier molecular flexibility index (Phi) is 8.80. The second-order valence-corrected chi connectivity index (χ2v) is 4.91. The summed E-state index contributed by atoms with van der Waals surface area (Å²) in [5, 5.41) is 0. The number of halogens is 2. The second-order valence-electron chi connectivity index (χ2n) is 4.60. The van der Waals surface area contributed by atoms with Gasteiger partial charge in [0.2, 0.25) is 0 Å². The molecule has 0 aliphatic heterocycles. The Morgan fingerprint density at radius 3 is 2.79 bits per heavy atom. The summed E-state index contributed by atoms with van der Waals surface area (Å²) in [5.74, 6) is 0.699. The Balaban J connectivity index is 2.22. The molecule has 1 aromatic rings. The minimum absolute atomic E-state index is 0.193. The quantitative estimate of drug-likeness (QED) is 0.483. The molecular weight excluding hydrogens is 267 g/mol. The maximum Gasteiger partial charge on any atom is 0.123 e. The number of benzene rings is 1. The van der Waals surface area contributed by atoms with E-state index in [9.17, 15) is 4.39 Å². The smallest absolute Gasteiger partial charge is 0.123 e. The van der Waals surface area contributed by atoms with E-state index in [2.05, 4.69) is 0 Å². The van der Waals surface area contributed by atoms with E-state index in [0.29, 0.717) is 25.0 Å². The summed E-state index contributed by atoms with van der Waals surface area (Å²) in [6, 6.07) is 6.69. The molecule has 0 amide bonds. The van der Waals surface area contributed by atoms with Crippen LogP contribution in [-0.2, 0) is 15.9 Å². The molecule has 0 bridgehead atoms. The van der Waals surface area contributed by atoms with E-state index < -0.39 is 0 Å². The van der Waals surface area contributed by atoms with Gasteiger partial charge in [-0.15, -0.1) is 11.6 Å². The lowest BCUT2D eigenvalue weighted by molar-refractivity contribution is 0.0951. The number of rotatable bonds is 10. The fraction of sp³-hybridized carbons (Fsp3) is 0.600. The van der Waals surface area contributed by atoms with Crippen LogP contribution in [-0.4, -0.2) is 32.8 Å². The number of ether oxygens (including phenoxy) is 2. The first-order chi connectivity index (χ1) is 9.26. The van der Waals surface area contributed by atoms with Gasteiger partial charge >= 0.3 is 0 Å². The van der Waals surface area contributed by atoms with Crippen LogP contribution >= 0.6 is 11.6 Å². The van der Waals surface area contributed by atoms with Crippen molar-refractivity contribution in [1.82, 2.24) is 0 Å². The van der Waals surface area contributed by atoms with E-state index in [1.165, 1.54) is 6.07 Å². The van der Waals surface area contributed by atoms with Crippen LogP contribution in [0.15, 0.2) is 24.3 Å². The van der Waals surface area contributed by atoms with Crippen molar-refractivity contribution < 1.29 is 13.9 Å². The van der Waals surface area contributed by atoms with E-state index in [4.69, 9.17) is 21.1 Å². The predicted octanol–water partition coefficient (Wildman–Crippen LogP) is 3.67. The van der Waals surface area contributed by atoms with Gasteiger partial charge in [0.25, 0.3) is 0 Å². The highest BCUT2D eigenvalue weighted by molar-refractivity contribution is 6.18. The zero-order valence-electron chi connectivity index (χ0n) is 11.4. The van der Waals surface area contributed by atoms with Crippen LogP contribution in [0.3, 0.4) is 0 Å². The Morgan fingerprint density at radius 2 is 2.11 bits per heavy atom. The zero-order chi connectivity index (χ0) is 13.9. The summed E-state index contributed by atoms with van der Waals surface area (Å²) >= 11 is 5.95. The summed E-state index contributed by atoms with van der Waals surface area (Å²) < 4.78 is 23.5. The Hall–Kier alpha value is -0.640. The molecule has 1 rings (SSSR count). The van der Waals surface area contributed by atoms with Gasteiger partial charge in [0.05, 0.1) is 0 Å². The van der Waals surface area contributed by atoms with E-state index in [0.717, 1.165) is 31.4 Å². The fourth-order valence-corrected chi connectivity index (χ4v) is 2.15. The third kappa shape index (κ3) is 7.51. The highest BCUT2D eigenvalue weighted by Crippen LogP contribution is 2.15. The van der Waals surface area contributed by atoms with Crippen molar-refractivity contribution in [2.45, 2.75) is 19.3 Å². The molecule has 0 saturated heterocycles. The van der Waals surface area contributed by atoms with E-state index in [-0.39, 0.29) is 5.82 Å². The van der Waals surface area contributed by atoms with Crippen LogP contribution in [0.4, 0.5) is 4.39 Å². The number of hydrogen-bond donors (Lipinski definition) is 0. The minimum atomic E-state index is -0.193. The molecule has 4 heteroatoms. The van der Waals surface area contributed by atoms with Crippen LogP contribution in [0.1, 0.15) is 18.4 Å². The third-order valence-electron chi connectivity index (χ3n) is 2.94. The molecule has 0 heterocycles. The Morgan fingerprint density at radius 1 is 1.26 bits per heavy atom. The molecule has 1 unspecified atom stereocenters. The molecule has 0 aliphatic rings. The molecule has 0 saturated carbocycles. The molecule has 0 aliphatic carbocycles. The molecule has 0 radical (unpaired) electrons. The van der Waals surface area contributed by atoms with Crippen molar-refractivity contribution in [3.05, 3.63) is 35.6 Å². The van der Waals surface area contributed by atoms with Gasteiger partial charge in [0, 0.05) is 32.8 Å². The van der Waals surface area contributed by atoms with Crippen LogP contribution in [0.2, 0.25) is 0 Å². The van der Waals surface area contributed by atoms with Crippen LogP contribution in [0, 0.1) is 11.7 Å². The van der Waals surface area contributed by atoms with Gasteiger partial charge in [-0.3, -0.25) is 0 Å². The molecule has 0 N–H and O–H groups in total. The van der Waals surface area contributed by atoms with Gasteiger partial charge in [-0.05, 0) is 42.9 Å². The minimum Gasteiger partial charge on any atom is -0.385 e. The Labute approximate surface area is 119 Å². The van der Waals surface area contributed by atoms with Crippen LogP contribution in [0.5, 0.6) is 0 Å². The number of hydrogen-bond acceptors (Lipinski definition) is 2. The van der Waals surface area contributed by atoms with E-state index in [1.807, 2.05) is 6.07 Å². The largest absolute Gasteiger partial charge is 0.385 e. The first-order valence-corrected chi connectivity index (χ1v) is 7.16. The average Bonchev–Trinajstić information content (AvgIpc) is 2.41. The molecule has 108 valence electrons. The summed E-state index contributed by atoms with van der Waals surface area (Å²) in [4.78, 5) is 0. The number of alkyl halides is 1. The van der Waals surface area contributed by atoms with Gasteiger partial charge < -0.3 is 9.47 Å². The second kappa shape index (κ2) is 10.2. The zero-order valence-corrected chi connectivity index (χ0v) is 12.2. The lowest BCUT2D eigenvalue weighted by Crippen LogP contribution is -2.11. The maximum atomic E-state index is 13.1. The van der Waals surface area contributed by atoms with E-state index in [1.54, 1.807) is 19.2 Å². The maximum absolute atomic E-state index is 13.1. The van der Waals surface area contributed by atoms with Crippen LogP contribution in [0.25, 0.3) is 0 Å². The molecule has 19 heavy (non-hydrogen) atoms. The number of methoxy groups -OCH3 is 1. The molecule has 1 aromatic carbocycles. The van der Waals surface area contributed by atoms with Crippen molar-refractivity contribution in [2.75, 3.05) is 32.8 Å². The topological polar surface area (TPSA) is 18.5 Å². The first-order valence-electron chi connectivity index (χ1n) is 6.63. The SMILES string of the molecule is COCCCOCCC(CCl)Cc1cccc(F)c1. The fourth-order valence-electron chi connectivity index (χ4n) is 1.89. The molecule has 0 aromatic heterocycles. The van der Waals surface area contributed by atoms with E-state index >= 15 is 0 Å². The summed E-state index contributed by atoms with van der Waals surface area (Å²) in [6.45, 7) is 2.13. The van der Waals surface area contributed by atoms with Gasteiger partial charge in [-0.1, -0.05) is 12.1 Å². The molecule has 0 spiro atoms. The normalized spacial score (nSPS) is 12.6. The summed E-state index contributed by atoms with van der Waals surface area (Å²) in [5.41, 5.74) is 0.991. The average molecular weight is 289 g/mol.